The number of nitrogen functional groups attached to an aromatic ring is 1. The molecular weight excluding hydrogens is 515 g/mol. The Morgan fingerprint density at radius 3 is 2.63 bits per heavy atom. The molecule has 0 bridgehead atoms. The van der Waals surface area contributed by atoms with E-state index in [4.69, 9.17) is 32.7 Å². The van der Waals surface area contributed by atoms with Crippen molar-refractivity contribution in [1.29, 1.82) is 0 Å². The largest absolute Gasteiger partial charge is 0.463 e. The number of nitrogens with zero attached hydrogens (tertiary/aromatic N) is 2. The lowest BCUT2D eigenvalue weighted by Gasteiger charge is -2.28. The molecule has 1 saturated heterocycles. The van der Waals surface area contributed by atoms with Crippen molar-refractivity contribution in [3.05, 3.63) is 53.1 Å². The predicted molar refractivity (Wildman–Crippen MR) is 139 cm³/mol. The Labute approximate surface area is 223 Å². The molecule has 0 amide bonds. The predicted octanol–water partition coefficient (Wildman–Crippen LogP) is 1.68. The highest BCUT2D eigenvalue weighted by molar-refractivity contribution is 7.54. The van der Waals surface area contributed by atoms with Crippen LogP contribution in [0.25, 0.3) is 0 Å². The number of carbonyl (C=O) groups excluding carboxylic acids is 1. The number of benzene rings is 1. The molecule has 2 heterocycles. The first-order valence-corrected chi connectivity index (χ1v) is 13.5. The quantitative estimate of drug-likeness (QED) is 0.223. The van der Waals surface area contributed by atoms with Gasteiger partial charge in [0.25, 0.3) is 0 Å². The van der Waals surface area contributed by atoms with Crippen molar-refractivity contribution in [3.63, 3.8) is 0 Å². The molecule has 3 rings (SSSR count). The Morgan fingerprint density at radius 1 is 1.34 bits per heavy atom. The number of ether oxygens (including phenoxy) is 2. The summed E-state index contributed by atoms with van der Waals surface area (Å²) in [7, 11) is -4.50. The average Bonchev–Trinajstić information content (AvgIpc) is 3.10. The van der Waals surface area contributed by atoms with Crippen molar-refractivity contribution in [2.45, 2.75) is 57.8 Å². The molecule has 6 atom stereocenters. The zero-order chi connectivity index (χ0) is 29.9. The highest BCUT2D eigenvalue weighted by Gasteiger charge is 2.55. The number of para-hydroxylation sites is 1. The summed E-state index contributed by atoms with van der Waals surface area (Å²) in [4.78, 5) is 28.6. The van der Waals surface area contributed by atoms with Gasteiger partial charge in [-0.3, -0.25) is 13.9 Å². The number of nitrogens with two attached hydrogens (primary N) is 2. The van der Waals surface area contributed by atoms with Crippen LogP contribution in [0, 0.1) is 17.8 Å². The Hall–Kier alpha value is -3.20. The van der Waals surface area contributed by atoms with Crippen molar-refractivity contribution in [3.8, 4) is 17.6 Å². The normalized spacial score (nSPS) is 26.3. The van der Waals surface area contributed by atoms with Crippen LogP contribution in [-0.2, 0) is 23.4 Å². The van der Waals surface area contributed by atoms with E-state index in [1.807, 2.05) is 0 Å². The van der Waals surface area contributed by atoms with Crippen molar-refractivity contribution < 1.29 is 35.7 Å². The highest BCUT2D eigenvalue weighted by Crippen LogP contribution is 2.51. The Balaban J connectivity index is 1.99. The van der Waals surface area contributed by atoms with Crippen LogP contribution in [-0.4, -0.2) is 57.2 Å². The van der Waals surface area contributed by atoms with E-state index in [1.165, 1.54) is 38.2 Å². The van der Waals surface area contributed by atoms with Gasteiger partial charge in [0.15, 0.2) is 11.8 Å². The summed E-state index contributed by atoms with van der Waals surface area (Å²) in [6, 6.07) is 9.12. The minimum atomic E-state index is -4.50. The average molecular weight is 551 g/mol. The second kappa shape index (κ2) is 12.1. The molecule has 0 saturated carbocycles. The van der Waals surface area contributed by atoms with E-state index in [0.717, 1.165) is 4.57 Å². The van der Waals surface area contributed by atoms with Gasteiger partial charge in [0, 0.05) is 6.20 Å². The van der Waals surface area contributed by atoms with E-state index in [2.05, 4.69) is 16.8 Å². The van der Waals surface area contributed by atoms with E-state index < -0.39 is 68.0 Å². The molecule has 1 aliphatic heterocycles. The van der Waals surface area contributed by atoms with Crippen molar-refractivity contribution in [1.82, 2.24) is 9.55 Å². The minimum Gasteiger partial charge on any atom is -0.463 e. The SMILES string of the molecule is [2H]C([2H])(O[P@@](=O)(C[C@@H](C)C(=O)OC(C)C)Oc1ccccc1)[C@H]1O[C@@H](n2ccc(N)nc2=O)C(N)(C#CC)[C@H]1O. The lowest BCUT2D eigenvalue weighted by Crippen LogP contribution is -2.55. The molecule has 1 aliphatic rings. The minimum absolute atomic E-state index is 0.0803. The number of aromatic nitrogens is 2. The number of carbonyl (C=O) groups is 1. The number of esters is 1. The maximum absolute atomic E-state index is 14.0. The van der Waals surface area contributed by atoms with E-state index in [0.29, 0.717) is 0 Å². The van der Waals surface area contributed by atoms with Gasteiger partial charge in [0.2, 0.25) is 0 Å². The second-order valence-electron chi connectivity index (χ2n) is 9.00. The van der Waals surface area contributed by atoms with E-state index in [-0.39, 0.29) is 11.6 Å². The van der Waals surface area contributed by atoms with E-state index >= 15 is 0 Å². The van der Waals surface area contributed by atoms with Crippen LogP contribution < -0.4 is 21.7 Å². The monoisotopic (exact) mass is 550 g/mol. The molecule has 13 heteroatoms. The van der Waals surface area contributed by atoms with Crippen LogP contribution in [0.1, 0.15) is 36.7 Å². The first kappa shape index (κ1) is 26.4. The Bertz CT molecular complexity index is 1380. The summed E-state index contributed by atoms with van der Waals surface area (Å²) in [5.74, 6) is 3.42. The molecule has 2 aromatic rings. The fourth-order valence-corrected chi connectivity index (χ4v) is 5.41. The van der Waals surface area contributed by atoms with Gasteiger partial charge in [-0.1, -0.05) is 31.0 Å². The van der Waals surface area contributed by atoms with Crippen molar-refractivity contribution >= 4 is 19.4 Å². The standard InChI is InChI=1S/C25H33N4O8P/c1-5-12-25(27)21(30)19(36-23(25)29-13-11-20(26)28-24(29)32)14-34-38(33,37-18-9-7-6-8-10-18)15-17(4)22(31)35-16(2)3/h6-11,13,16-17,19,21,23,30H,14-15,27H2,1-4H3,(H2,26,28,32)/t17-,19-,21+,23-,25?,38+/m1/s1/i14D2. The molecule has 0 radical (unpaired) electrons. The maximum Gasteiger partial charge on any atom is 0.380 e. The Morgan fingerprint density at radius 2 is 2.03 bits per heavy atom. The fraction of sp³-hybridized carbons (Fsp3) is 0.480. The summed E-state index contributed by atoms with van der Waals surface area (Å²) < 4.78 is 54.2. The van der Waals surface area contributed by atoms with Gasteiger partial charge in [-0.25, -0.2) is 9.36 Å². The van der Waals surface area contributed by atoms with Crippen molar-refractivity contribution in [2.75, 3.05) is 18.5 Å². The molecule has 5 N–H and O–H groups in total. The maximum atomic E-state index is 14.0. The van der Waals surface area contributed by atoms with E-state index in [9.17, 15) is 19.3 Å². The molecule has 1 aromatic heterocycles. The molecule has 1 fully saturated rings. The number of aliphatic hydroxyl groups excluding tert-OH is 1. The number of rotatable bonds is 10. The molecule has 12 nitrogen and oxygen atoms in total. The molecule has 0 aliphatic carbocycles. The second-order valence-corrected chi connectivity index (χ2v) is 10.9. The third kappa shape index (κ3) is 6.81. The van der Waals surface area contributed by atoms with Gasteiger partial charge >= 0.3 is 19.3 Å². The van der Waals surface area contributed by atoms with Gasteiger partial charge in [0.05, 0.1) is 27.5 Å². The zero-order valence-electron chi connectivity index (χ0n) is 23.4. The lowest BCUT2D eigenvalue weighted by molar-refractivity contribution is -0.151. The van der Waals surface area contributed by atoms with Crippen LogP contribution in [0.2, 0.25) is 0 Å². The third-order valence-corrected chi connectivity index (χ3v) is 7.32. The van der Waals surface area contributed by atoms with Crippen molar-refractivity contribution in [2.24, 2.45) is 11.7 Å². The summed E-state index contributed by atoms with van der Waals surface area (Å²) in [5, 5.41) is 11.2. The molecule has 0 spiro atoms. The number of aliphatic hydroxyl groups is 1. The summed E-state index contributed by atoms with van der Waals surface area (Å²) in [6.07, 6.45) is -5.14. The van der Waals surface area contributed by atoms with Crippen LogP contribution in [0.5, 0.6) is 5.75 Å². The molecule has 206 valence electrons. The molecule has 1 aromatic carbocycles. The van der Waals surface area contributed by atoms with E-state index in [1.54, 1.807) is 32.0 Å². The first-order chi connectivity index (χ1) is 18.6. The van der Waals surface area contributed by atoms with Crippen LogP contribution >= 0.6 is 7.60 Å². The highest BCUT2D eigenvalue weighted by atomic mass is 31.2. The first-order valence-electron chi connectivity index (χ1n) is 12.8. The lowest BCUT2D eigenvalue weighted by atomic mass is 9.91. The van der Waals surface area contributed by atoms with Gasteiger partial charge < -0.3 is 30.6 Å². The van der Waals surface area contributed by atoms with Gasteiger partial charge in [-0.05, 0) is 39.0 Å². The smallest absolute Gasteiger partial charge is 0.380 e. The van der Waals surface area contributed by atoms with Gasteiger partial charge in [0.1, 0.15) is 23.8 Å². The fourth-order valence-electron chi connectivity index (χ4n) is 3.69. The third-order valence-electron chi connectivity index (χ3n) is 5.45. The number of anilines is 1. The summed E-state index contributed by atoms with van der Waals surface area (Å²) in [5.41, 5.74) is 9.05. The van der Waals surface area contributed by atoms with Crippen LogP contribution in [0.15, 0.2) is 47.4 Å². The van der Waals surface area contributed by atoms with Gasteiger partial charge in [-0.15, -0.1) is 5.92 Å². The van der Waals surface area contributed by atoms with Crippen LogP contribution in [0.3, 0.4) is 0 Å². The van der Waals surface area contributed by atoms with Crippen LogP contribution in [0.4, 0.5) is 5.82 Å². The number of hydrogen-bond donors (Lipinski definition) is 3. The topological polar surface area (TPSA) is 178 Å². The molecule has 1 unspecified atom stereocenters. The Kier molecular flexibility index (Phi) is 8.42. The summed E-state index contributed by atoms with van der Waals surface area (Å²) >= 11 is 0. The number of hydrogen-bond acceptors (Lipinski definition) is 11. The molecule has 38 heavy (non-hydrogen) atoms. The summed E-state index contributed by atoms with van der Waals surface area (Å²) in [6.45, 7) is 3.12. The molecular formula is C25H33N4O8P. The zero-order valence-corrected chi connectivity index (χ0v) is 22.3. The van der Waals surface area contributed by atoms with Gasteiger partial charge in [-0.2, -0.15) is 4.98 Å².